The summed E-state index contributed by atoms with van der Waals surface area (Å²) < 4.78 is 0. The predicted molar refractivity (Wildman–Crippen MR) is 107 cm³/mol. The molecule has 0 atom stereocenters. The minimum absolute atomic E-state index is 0.0332. The first kappa shape index (κ1) is 17.5. The van der Waals surface area contributed by atoms with E-state index >= 15 is 0 Å². The highest BCUT2D eigenvalue weighted by Gasteiger charge is 2.22. The van der Waals surface area contributed by atoms with E-state index in [9.17, 15) is 9.59 Å². The Labute approximate surface area is 158 Å². The normalized spacial score (nSPS) is 15.2. The number of aromatic amines is 1. The van der Waals surface area contributed by atoms with E-state index in [2.05, 4.69) is 16.0 Å². The molecule has 5 heteroatoms. The van der Waals surface area contributed by atoms with Crippen LogP contribution in [0.3, 0.4) is 0 Å². The Balaban J connectivity index is 1.43. The Morgan fingerprint density at radius 1 is 1.00 bits per heavy atom. The summed E-state index contributed by atoms with van der Waals surface area (Å²) in [6.45, 7) is 5.55. The number of amides is 1. The van der Waals surface area contributed by atoms with Crippen molar-refractivity contribution in [3.05, 3.63) is 81.6 Å². The zero-order valence-corrected chi connectivity index (χ0v) is 15.4. The van der Waals surface area contributed by atoms with Gasteiger partial charge < -0.3 is 9.88 Å². The van der Waals surface area contributed by atoms with Crippen molar-refractivity contribution in [2.45, 2.75) is 13.5 Å². The molecule has 1 aliphatic rings. The number of hydrogen-bond donors (Lipinski definition) is 1. The van der Waals surface area contributed by atoms with Crippen molar-refractivity contribution in [1.82, 2.24) is 14.8 Å². The number of fused-ring (bicyclic) bond motifs is 1. The van der Waals surface area contributed by atoms with E-state index in [1.54, 1.807) is 0 Å². The van der Waals surface area contributed by atoms with Crippen LogP contribution in [0.1, 0.15) is 21.5 Å². The summed E-state index contributed by atoms with van der Waals surface area (Å²) in [5, 5.41) is 1.06. The van der Waals surface area contributed by atoms with Gasteiger partial charge in [0.05, 0.1) is 0 Å². The molecule has 1 aromatic heterocycles. The summed E-state index contributed by atoms with van der Waals surface area (Å²) in [7, 11) is 0. The summed E-state index contributed by atoms with van der Waals surface area (Å²) in [5.74, 6) is 0.0780. The largest absolute Gasteiger partial charge is 0.336 e. The molecule has 1 N–H and O–H groups in total. The minimum atomic E-state index is -0.0332. The molecule has 0 radical (unpaired) electrons. The first-order valence-electron chi connectivity index (χ1n) is 9.29. The summed E-state index contributed by atoms with van der Waals surface area (Å²) >= 11 is 0. The van der Waals surface area contributed by atoms with Gasteiger partial charge in [-0.1, -0.05) is 29.8 Å². The molecule has 138 valence electrons. The van der Waals surface area contributed by atoms with Crippen molar-refractivity contribution < 1.29 is 4.79 Å². The van der Waals surface area contributed by atoms with Crippen LogP contribution in [0.15, 0.2) is 59.4 Å². The summed E-state index contributed by atoms with van der Waals surface area (Å²) in [5.41, 5.74) is 3.51. The third kappa shape index (κ3) is 3.78. The van der Waals surface area contributed by atoms with Gasteiger partial charge in [-0.25, -0.2) is 0 Å². The number of piperazine rings is 1. The van der Waals surface area contributed by atoms with E-state index < -0.39 is 0 Å². The molecule has 0 aliphatic carbocycles. The lowest BCUT2D eigenvalue weighted by Gasteiger charge is -2.34. The van der Waals surface area contributed by atoms with E-state index in [0.29, 0.717) is 19.6 Å². The van der Waals surface area contributed by atoms with E-state index in [1.807, 2.05) is 60.4 Å². The fourth-order valence-electron chi connectivity index (χ4n) is 3.60. The van der Waals surface area contributed by atoms with Gasteiger partial charge >= 0.3 is 0 Å². The van der Waals surface area contributed by atoms with Crippen molar-refractivity contribution in [1.29, 1.82) is 0 Å². The first-order chi connectivity index (χ1) is 13.1. The van der Waals surface area contributed by atoms with Gasteiger partial charge in [0.1, 0.15) is 0 Å². The molecular formula is C22H23N3O2. The van der Waals surface area contributed by atoms with Crippen LogP contribution in [0.2, 0.25) is 0 Å². The predicted octanol–water partition coefficient (Wildman–Crippen LogP) is 2.79. The standard InChI is InChI=1S/C22H23N3O2/c1-16-7-8-20-18(13-16)14-19(21(26)23-20)15-24-9-11-25(12-10-24)22(27)17-5-3-2-4-6-17/h2-8,13-14H,9-12,15H2,1H3,(H,23,26). The third-order valence-electron chi connectivity index (χ3n) is 5.15. The van der Waals surface area contributed by atoms with Crippen LogP contribution in [0, 0.1) is 6.92 Å². The molecule has 1 aliphatic heterocycles. The fraction of sp³-hybridized carbons (Fsp3) is 0.273. The number of nitrogens with one attached hydrogen (secondary N) is 1. The quantitative estimate of drug-likeness (QED) is 0.780. The number of benzene rings is 2. The summed E-state index contributed by atoms with van der Waals surface area (Å²) in [6, 6.07) is 17.4. The molecule has 4 rings (SSSR count). The van der Waals surface area contributed by atoms with Gasteiger partial charge in [-0.2, -0.15) is 0 Å². The molecule has 2 heterocycles. The second kappa shape index (κ2) is 7.37. The number of carbonyl (C=O) groups is 1. The van der Waals surface area contributed by atoms with Crippen LogP contribution in [0.4, 0.5) is 0 Å². The van der Waals surface area contributed by atoms with Crippen molar-refractivity contribution in [3.63, 3.8) is 0 Å². The van der Waals surface area contributed by atoms with Crippen molar-refractivity contribution >= 4 is 16.8 Å². The minimum Gasteiger partial charge on any atom is -0.336 e. The van der Waals surface area contributed by atoms with Crippen LogP contribution in [0.25, 0.3) is 10.9 Å². The lowest BCUT2D eigenvalue weighted by atomic mass is 10.1. The number of H-pyrrole nitrogens is 1. The van der Waals surface area contributed by atoms with Crippen LogP contribution >= 0.6 is 0 Å². The molecule has 5 nitrogen and oxygen atoms in total. The van der Waals surface area contributed by atoms with E-state index in [1.165, 1.54) is 5.56 Å². The topological polar surface area (TPSA) is 56.4 Å². The highest BCUT2D eigenvalue weighted by atomic mass is 16.2. The van der Waals surface area contributed by atoms with Crippen LogP contribution in [-0.2, 0) is 6.54 Å². The lowest BCUT2D eigenvalue weighted by Crippen LogP contribution is -2.48. The average Bonchev–Trinajstić information content (AvgIpc) is 2.69. The smallest absolute Gasteiger partial charge is 0.253 e. The van der Waals surface area contributed by atoms with Gasteiger partial charge in [0.25, 0.3) is 11.5 Å². The molecular weight excluding hydrogens is 338 g/mol. The molecule has 0 unspecified atom stereocenters. The SMILES string of the molecule is Cc1ccc2[nH]c(=O)c(CN3CCN(C(=O)c4ccccc4)CC3)cc2c1. The Morgan fingerprint density at radius 3 is 2.48 bits per heavy atom. The Hall–Kier alpha value is -2.92. The van der Waals surface area contributed by atoms with Crippen LogP contribution < -0.4 is 5.56 Å². The van der Waals surface area contributed by atoms with Crippen LogP contribution in [0.5, 0.6) is 0 Å². The molecule has 0 spiro atoms. The number of nitrogens with zero attached hydrogens (tertiary/aromatic N) is 2. The zero-order chi connectivity index (χ0) is 18.8. The van der Waals surface area contributed by atoms with Gasteiger partial charge in [-0.3, -0.25) is 14.5 Å². The maximum Gasteiger partial charge on any atom is 0.253 e. The second-order valence-electron chi connectivity index (χ2n) is 7.15. The molecule has 1 amide bonds. The van der Waals surface area contributed by atoms with E-state index in [0.717, 1.165) is 35.1 Å². The van der Waals surface area contributed by atoms with Crippen molar-refractivity contribution in [3.8, 4) is 0 Å². The van der Waals surface area contributed by atoms with Crippen molar-refractivity contribution in [2.24, 2.45) is 0 Å². The summed E-state index contributed by atoms with van der Waals surface area (Å²) in [4.78, 5) is 32.1. The average molecular weight is 361 g/mol. The maximum atomic E-state index is 12.5. The number of pyridine rings is 1. The second-order valence-corrected chi connectivity index (χ2v) is 7.15. The zero-order valence-electron chi connectivity index (χ0n) is 15.4. The van der Waals surface area contributed by atoms with Crippen LogP contribution in [-0.4, -0.2) is 46.9 Å². The highest BCUT2D eigenvalue weighted by molar-refractivity contribution is 5.94. The molecule has 1 saturated heterocycles. The molecule has 0 bridgehead atoms. The fourth-order valence-corrected chi connectivity index (χ4v) is 3.60. The number of hydrogen-bond acceptors (Lipinski definition) is 3. The van der Waals surface area contributed by atoms with Gasteiger partial charge in [-0.15, -0.1) is 0 Å². The number of rotatable bonds is 3. The van der Waals surface area contributed by atoms with Crippen molar-refractivity contribution in [2.75, 3.05) is 26.2 Å². The highest BCUT2D eigenvalue weighted by Crippen LogP contribution is 2.15. The molecule has 3 aromatic rings. The van der Waals surface area contributed by atoms with E-state index in [4.69, 9.17) is 0 Å². The van der Waals surface area contributed by atoms with Gasteiger partial charge in [0, 0.05) is 49.4 Å². The molecule has 1 fully saturated rings. The molecule has 2 aromatic carbocycles. The van der Waals surface area contributed by atoms with Gasteiger partial charge in [0.2, 0.25) is 0 Å². The van der Waals surface area contributed by atoms with E-state index in [-0.39, 0.29) is 11.5 Å². The summed E-state index contributed by atoms with van der Waals surface area (Å²) in [6.07, 6.45) is 0. The first-order valence-corrected chi connectivity index (χ1v) is 9.29. The Morgan fingerprint density at radius 2 is 1.74 bits per heavy atom. The molecule has 27 heavy (non-hydrogen) atoms. The molecule has 0 saturated carbocycles. The number of carbonyl (C=O) groups excluding carboxylic acids is 1. The van der Waals surface area contributed by atoms with Gasteiger partial charge in [-0.05, 0) is 42.6 Å². The third-order valence-corrected chi connectivity index (χ3v) is 5.15. The van der Waals surface area contributed by atoms with Gasteiger partial charge in [0.15, 0.2) is 0 Å². The monoisotopic (exact) mass is 361 g/mol. The number of aryl methyl sites for hydroxylation is 1. The Bertz CT molecular complexity index is 1020. The Kier molecular flexibility index (Phi) is 4.77. The number of aromatic nitrogens is 1. The maximum absolute atomic E-state index is 12.5. The lowest BCUT2D eigenvalue weighted by molar-refractivity contribution is 0.0628.